The van der Waals surface area contributed by atoms with Gasteiger partial charge < -0.3 is 10.6 Å². The number of rotatable bonds is 6. The smallest absolute Gasteiger partial charge is 0.208 e. The fourth-order valence-electron chi connectivity index (χ4n) is 1.76. The molecule has 2 heterocycles. The van der Waals surface area contributed by atoms with Crippen LogP contribution >= 0.6 is 34.4 Å². The van der Waals surface area contributed by atoms with Crippen molar-refractivity contribution >= 4 is 39.6 Å². The van der Waals surface area contributed by atoms with Crippen LogP contribution in [0.1, 0.15) is 29.0 Å². The summed E-state index contributed by atoms with van der Waals surface area (Å²) in [5, 5.41) is 11.8. The molecule has 2 rings (SSSR count). The summed E-state index contributed by atoms with van der Waals surface area (Å²) in [6.07, 6.45) is 0.953. The van der Waals surface area contributed by atoms with Crippen molar-refractivity contribution in [2.75, 3.05) is 19.0 Å². The zero-order valence-corrected chi connectivity index (χ0v) is 14.6. The van der Waals surface area contributed by atoms with Crippen LogP contribution in [0.4, 0.5) is 5.13 Å². The second-order valence-electron chi connectivity index (χ2n) is 4.82. The van der Waals surface area contributed by atoms with Gasteiger partial charge in [-0.05, 0) is 30.4 Å². The Kier molecular flexibility index (Phi) is 5.42. The van der Waals surface area contributed by atoms with Crippen LogP contribution in [-0.4, -0.2) is 30.3 Å². The predicted octanol–water partition coefficient (Wildman–Crippen LogP) is 3.54. The van der Waals surface area contributed by atoms with Crippen molar-refractivity contribution in [3.63, 3.8) is 0 Å². The van der Waals surface area contributed by atoms with Crippen molar-refractivity contribution in [3.05, 3.63) is 21.9 Å². The molecule has 0 bridgehead atoms. The first-order chi connectivity index (χ1) is 9.52. The topological polar surface area (TPSA) is 55.0 Å². The summed E-state index contributed by atoms with van der Waals surface area (Å²) >= 11 is 5.13. The molecule has 7 heteroatoms. The van der Waals surface area contributed by atoms with Crippen molar-refractivity contribution in [3.8, 4) is 0 Å². The molecule has 0 aliphatic rings. The molecule has 2 aromatic heterocycles. The monoisotopic (exact) mass is 328 g/mol. The van der Waals surface area contributed by atoms with E-state index < -0.39 is 0 Å². The molecule has 0 fully saturated rings. The molecule has 4 nitrogen and oxygen atoms in total. The first-order valence-corrected chi connectivity index (χ1v) is 9.07. The molecule has 2 N–H and O–H groups in total. The Morgan fingerprint density at radius 1 is 1.40 bits per heavy atom. The Morgan fingerprint density at radius 2 is 2.15 bits per heavy atom. The summed E-state index contributed by atoms with van der Waals surface area (Å²) in [6.45, 7) is 4.28. The molecule has 0 saturated carbocycles. The minimum Gasteiger partial charge on any atom is -0.353 e. The second kappa shape index (κ2) is 6.89. The average molecular weight is 329 g/mol. The van der Waals surface area contributed by atoms with Crippen molar-refractivity contribution in [2.45, 2.75) is 35.9 Å². The van der Waals surface area contributed by atoms with Gasteiger partial charge >= 0.3 is 0 Å². The van der Waals surface area contributed by atoms with E-state index in [0.717, 1.165) is 15.9 Å². The van der Waals surface area contributed by atoms with Gasteiger partial charge in [0, 0.05) is 25.0 Å². The van der Waals surface area contributed by atoms with Crippen molar-refractivity contribution in [1.29, 1.82) is 0 Å². The number of anilines is 1. The Labute approximate surface area is 132 Å². The molecule has 2 aromatic rings. The molecule has 0 aromatic carbocycles. The molecule has 20 heavy (non-hydrogen) atoms. The molecular weight excluding hydrogens is 308 g/mol. The van der Waals surface area contributed by atoms with Gasteiger partial charge in [0.15, 0.2) is 4.34 Å². The lowest BCUT2D eigenvalue weighted by Gasteiger charge is -2.21. The maximum Gasteiger partial charge on any atom is 0.208 e. The van der Waals surface area contributed by atoms with E-state index in [1.165, 1.54) is 10.4 Å². The van der Waals surface area contributed by atoms with E-state index >= 15 is 0 Å². The Morgan fingerprint density at radius 3 is 2.65 bits per heavy atom. The van der Waals surface area contributed by atoms with Crippen LogP contribution in [0, 0.1) is 6.92 Å². The fourth-order valence-corrected chi connectivity index (χ4v) is 5.25. The fraction of sp³-hybridized carbons (Fsp3) is 0.538. The first kappa shape index (κ1) is 15.8. The van der Waals surface area contributed by atoms with E-state index in [9.17, 15) is 0 Å². The minimum absolute atomic E-state index is 0.129. The van der Waals surface area contributed by atoms with E-state index in [0.29, 0.717) is 0 Å². The summed E-state index contributed by atoms with van der Waals surface area (Å²) in [6, 6.07) is 2.28. The van der Waals surface area contributed by atoms with Crippen LogP contribution in [0.5, 0.6) is 0 Å². The third kappa shape index (κ3) is 3.52. The van der Waals surface area contributed by atoms with Crippen molar-refractivity contribution in [1.82, 2.24) is 10.2 Å². The van der Waals surface area contributed by atoms with Gasteiger partial charge in [0.2, 0.25) is 5.13 Å². The van der Waals surface area contributed by atoms with E-state index in [2.05, 4.69) is 35.5 Å². The predicted molar refractivity (Wildman–Crippen MR) is 90.2 cm³/mol. The number of thioether (sulfide) groups is 1. The van der Waals surface area contributed by atoms with Gasteiger partial charge in [-0.2, -0.15) is 0 Å². The lowest BCUT2D eigenvalue weighted by atomic mass is 10.1. The highest BCUT2D eigenvalue weighted by Crippen LogP contribution is 2.43. The molecule has 2 unspecified atom stereocenters. The van der Waals surface area contributed by atoms with E-state index in [1.54, 1.807) is 34.4 Å². The number of thiophene rings is 1. The molecule has 0 spiro atoms. The van der Waals surface area contributed by atoms with Crippen LogP contribution in [0.2, 0.25) is 0 Å². The lowest BCUT2D eigenvalue weighted by Crippen LogP contribution is -2.25. The summed E-state index contributed by atoms with van der Waals surface area (Å²) in [5.41, 5.74) is 7.64. The van der Waals surface area contributed by atoms with Gasteiger partial charge in [-0.3, -0.25) is 0 Å². The first-order valence-electron chi connectivity index (χ1n) is 6.50. The quantitative estimate of drug-likeness (QED) is 0.822. The third-order valence-corrected chi connectivity index (χ3v) is 6.82. The zero-order chi connectivity index (χ0) is 14.7. The molecule has 0 radical (unpaired) electrons. The number of nitrogens with two attached hydrogens (primary N) is 1. The van der Waals surface area contributed by atoms with E-state index in [1.807, 2.05) is 19.0 Å². The number of hydrogen-bond donors (Lipinski definition) is 1. The molecule has 110 valence electrons. The highest BCUT2D eigenvalue weighted by atomic mass is 32.2. The van der Waals surface area contributed by atoms with Gasteiger partial charge in [0.1, 0.15) is 0 Å². The second-order valence-corrected chi connectivity index (χ2v) is 8.12. The SMILES string of the molecule is CCC(N)C(Sc1nnc(N(C)C)s1)c1sccc1C. The lowest BCUT2D eigenvalue weighted by molar-refractivity contribution is 0.638. The molecule has 0 amide bonds. The highest BCUT2D eigenvalue weighted by Gasteiger charge is 2.24. The van der Waals surface area contributed by atoms with Crippen LogP contribution in [0.3, 0.4) is 0 Å². The summed E-state index contributed by atoms with van der Waals surface area (Å²) < 4.78 is 0.982. The maximum absolute atomic E-state index is 6.32. The standard InChI is InChI=1S/C13H20N4S3/c1-5-9(14)11(10-8(2)6-7-18-10)19-13-16-15-12(20-13)17(3)4/h6-7,9,11H,5,14H2,1-4H3. The van der Waals surface area contributed by atoms with Crippen LogP contribution in [-0.2, 0) is 0 Å². The van der Waals surface area contributed by atoms with E-state index in [-0.39, 0.29) is 11.3 Å². The molecule has 0 aliphatic carbocycles. The van der Waals surface area contributed by atoms with Crippen LogP contribution in [0.25, 0.3) is 0 Å². The van der Waals surface area contributed by atoms with Gasteiger partial charge in [0.25, 0.3) is 0 Å². The van der Waals surface area contributed by atoms with Gasteiger partial charge in [-0.25, -0.2) is 0 Å². The molecular formula is C13H20N4S3. The van der Waals surface area contributed by atoms with Gasteiger partial charge in [-0.1, -0.05) is 30.0 Å². The number of hydrogen-bond acceptors (Lipinski definition) is 7. The minimum atomic E-state index is 0.129. The summed E-state index contributed by atoms with van der Waals surface area (Å²) in [7, 11) is 3.96. The number of aromatic nitrogens is 2. The molecule has 0 saturated heterocycles. The Balaban J connectivity index is 2.22. The zero-order valence-electron chi connectivity index (χ0n) is 12.2. The van der Waals surface area contributed by atoms with Crippen molar-refractivity contribution < 1.29 is 0 Å². The maximum atomic E-state index is 6.32. The van der Waals surface area contributed by atoms with Crippen molar-refractivity contribution in [2.24, 2.45) is 5.73 Å². The third-order valence-electron chi connectivity index (χ3n) is 3.03. The largest absolute Gasteiger partial charge is 0.353 e. The Bertz CT molecular complexity index is 549. The normalized spacial score (nSPS) is 14.2. The van der Waals surface area contributed by atoms with Crippen LogP contribution < -0.4 is 10.6 Å². The van der Waals surface area contributed by atoms with Gasteiger partial charge in [0.05, 0.1) is 5.25 Å². The van der Waals surface area contributed by atoms with Crippen LogP contribution in [0.15, 0.2) is 15.8 Å². The molecule has 0 aliphatic heterocycles. The number of aryl methyl sites for hydroxylation is 1. The van der Waals surface area contributed by atoms with Gasteiger partial charge in [-0.15, -0.1) is 21.5 Å². The summed E-state index contributed by atoms with van der Waals surface area (Å²) in [5.74, 6) is 0. The number of nitrogens with zero attached hydrogens (tertiary/aromatic N) is 3. The van der Waals surface area contributed by atoms with E-state index in [4.69, 9.17) is 5.73 Å². The average Bonchev–Trinajstić information content (AvgIpc) is 3.04. The molecule has 2 atom stereocenters. The summed E-state index contributed by atoms with van der Waals surface area (Å²) in [4.78, 5) is 3.33. The Hall–Kier alpha value is -0.630. The highest BCUT2D eigenvalue weighted by molar-refractivity contribution is 8.01.